The molecule has 4 heteroatoms. The van der Waals surface area contributed by atoms with Gasteiger partial charge < -0.3 is 5.73 Å². The van der Waals surface area contributed by atoms with E-state index in [4.69, 9.17) is 5.73 Å². The Hall–Kier alpha value is -1.81. The van der Waals surface area contributed by atoms with E-state index in [1.807, 2.05) is 0 Å². The van der Waals surface area contributed by atoms with E-state index in [9.17, 15) is 4.39 Å². The Labute approximate surface area is 93.2 Å². The molecule has 1 atom stereocenters. The first-order valence-corrected chi connectivity index (χ1v) is 4.92. The van der Waals surface area contributed by atoms with E-state index in [2.05, 4.69) is 9.97 Å². The lowest BCUT2D eigenvalue weighted by Gasteiger charge is -2.25. The fourth-order valence-electron chi connectivity index (χ4n) is 1.61. The Balaban J connectivity index is 2.51. The summed E-state index contributed by atoms with van der Waals surface area (Å²) in [5.41, 5.74) is 6.33. The largest absolute Gasteiger partial charge is 0.318 e. The van der Waals surface area contributed by atoms with Crippen molar-refractivity contribution in [1.82, 2.24) is 9.97 Å². The summed E-state index contributed by atoms with van der Waals surface area (Å²) >= 11 is 0. The summed E-state index contributed by atoms with van der Waals surface area (Å²) in [6.07, 6.45) is 4.61. The first-order chi connectivity index (χ1) is 7.62. The minimum Gasteiger partial charge on any atom is -0.318 e. The minimum absolute atomic E-state index is 0.323. The molecule has 0 bridgehead atoms. The van der Waals surface area contributed by atoms with Crippen molar-refractivity contribution in [2.75, 3.05) is 0 Å². The summed E-state index contributed by atoms with van der Waals surface area (Å²) in [7, 11) is 0. The molecular formula is C12H12FN3. The smallest absolute Gasteiger partial charge is 0.128 e. The maximum Gasteiger partial charge on any atom is 0.128 e. The quantitative estimate of drug-likeness (QED) is 0.835. The second-order valence-corrected chi connectivity index (χ2v) is 3.81. The van der Waals surface area contributed by atoms with Gasteiger partial charge in [0.15, 0.2) is 0 Å². The van der Waals surface area contributed by atoms with Gasteiger partial charge in [-0.1, -0.05) is 18.2 Å². The standard InChI is InChI=1S/C12H12FN3/c1-12(14,9-6-15-8-16-7-9)10-4-2-3-5-11(10)13/h2-8H,14H2,1H3. The molecule has 2 N–H and O–H groups in total. The molecule has 1 unspecified atom stereocenters. The molecule has 2 rings (SSSR count). The van der Waals surface area contributed by atoms with E-state index < -0.39 is 5.54 Å². The topological polar surface area (TPSA) is 51.8 Å². The van der Waals surface area contributed by atoms with Crippen LogP contribution in [0.4, 0.5) is 4.39 Å². The second kappa shape index (κ2) is 3.98. The van der Waals surface area contributed by atoms with Crippen LogP contribution in [0.1, 0.15) is 18.1 Å². The van der Waals surface area contributed by atoms with Gasteiger partial charge in [0.2, 0.25) is 0 Å². The van der Waals surface area contributed by atoms with Crippen LogP contribution in [0.2, 0.25) is 0 Å². The van der Waals surface area contributed by atoms with Gasteiger partial charge >= 0.3 is 0 Å². The molecule has 1 aromatic carbocycles. The van der Waals surface area contributed by atoms with Crippen LogP contribution < -0.4 is 5.73 Å². The molecule has 16 heavy (non-hydrogen) atoms. The summed E-state index contributed by atoms with van der Waals surface area (Å²) < 4.78 is 13.7. The number of aromatic nitrogens is 2. The molecule has 0 fully saturated rings. The first-order valence-electron chi connectivity index (χ1n) is 4.92. The molecule has 0 aliphatic carbocycles. The van der Waals surface area contributed by atoms with Crippen LogP contribution in [-0.4, -0.2) is 9.97 Å². The molecule has 0 saturated carbocycles. The van der Waals surface area contributed by atoms with Crippen molar-refractivity contribution in [3.8, 4) is 0 Å². The van der Waals surface area contributed by atoms with Gasteiger partial charge in [-0.3, -0.25) is 0 Å². The lowest BCUT2D eigenvalue weighted by molar-refractivity contribution is 0.528. The van der Waals surface area contributed by atoms with Crippen molar-refractivity contribution in [3.63, 3.8) is 0 Å². The van der Waals surface area contributed by atoms with E-state index in [1.54, 1.807) is 37.5 Å². The molecule has 1 heterocycles. The van der Waals surface area contributed by atoms with Crippen LogP contribution in [0.25, 0.3) is 0 Å². The maximum absolute atomic E-state index is 13.7. The second-order valence-electron chi connectivity index (χ2n) is 3.81. The van der Waals surface area contributed by atoms with Gasteiger partial charge in [-0.15, -0.1) is 0 Å². The number of rotatable bonds is 2. The number of halogens is 1. The number of nitrogens with zero attached hydrogens (tertiary/aromatic N) is 2. The Morgan fingerprint density at radius 2 is 1.81 bits per heavy atom. The van der Waals surface area contributed by atoms with E-state index >= 15 is 0 Å². The van der Waals surface area contributed by atoms with Crippen LogP contribution in [0.5, 0.6) is 0 Å². The highest BCUT2D eigenvalue weighted by molar-refractivity contribution is 5.35. The van der Waals surface area contributed by atoms with Crippen LogP contribution in [0.3, 0.4) is 0 Å². The molecule has 0 amide bonds. The van der Waals surface area contributed by atoms with Gasteiger partial charge in [-0.05, 0) is 13.0 Å². The monoisotopic (exact) mass is 217 g/mol. The lowest BCUT2D eigenvalue weighted by atomic mass is 9.87. The Morgan fingerprint density at radius 3 is 2.44 bits per heavy atom. The maximum atomic E-state index is 13.7. The average Bonchev–Trinajstić information content (AvgIpc) is 2.30. The Morgan fingerprint density at radius 1 is 1.19 bits per heavy atom. The summed E-state index contributed by atoms with van der Waals surface area (Å²) in [5.74, 6) is -0.323. The molecule has 2 aromatic rings. The van der Waals surface area contributed by atoms with Gasteiger partial charge in [0.25, 0.3) is 0 Å². The summed E-state index contributed by atoms with van der Waals surface area (Å²) in [4.78, 5) is 7.79. The molecule has 82 valence electrons. The molecule has 0 aliphatic rings. The summed E-state index contributed by atoms with van der Waals surface area (Å²) in [6, 6.07) is 6.45. The van der Waals surface area contributed by atoms with Crippen molar-refractivity contribution in [2.24, 2.45) is 5.73 Å². The van der Waals surface area contributed by atoms with Gasteiger partial charge in [0, 0.05) is 23.5 Å². The minimum atomic E-state index is -0.924. The predicted octanol–water partition coefficient (Wildman–Crippen LogP) is 1.84. The fraction of sp³-hybridized carbons (Fsp3) is 0.167. The zero-order valence-corrected chi connectivity index (χ0v) is 8.89. The van der Waals surface area contributed by atoms with Crippen LogP contribution in [0, 0.1) is 5.82 Å². The average molecular weight is 217 g/mol. The molecule has 1 aromatic heterocycles. The van der Waals surface area contributed by atoms with E-state index in [1.165, 1.54) is 12.4 Å². The SMILES string of the molecule is CC(N)(c1cncnc1)c1ccccc1F. The Kier molecular flexibility index (Phi) is 2.66. The fourth-order valence-corrected chi connectivity index (χ4v) is 1.61. The lowest BCUT2D eigenvalue weighted by Crippen LogP contribution is -2.35. The molecule has 0 spiro atoms. The number of benzene rings is 1. The van der Waals surface area contributed by atoms with Gasteiger partial charge in [0.1, 0.15) is 12.1 Å². The highest BCUT2D eigenvalue weighted by atomic mass is 19.1. The van der Waals surface area contributed by atoms with Crippen molar-refractivity contribution >= 4 is 0 Å². The number of hydrogen-bond donors (Lipinski definition) is 1. The summed E-state index contributed by atoms with van der Waals surface area (Å²) in [6.45, 7) is 1.74. The van der Waals surface area contributed by atoms with E-state index in [0.717, 1.165) is 0 Å². The van der Waals surface area contributed by atoms with E-state index in [0.29, 0.717) is 11.1 Å². The molecule has 0 radical (unpaired) electrons. The third-order valence-electron chi connectivity index (χ3n) is 2.59. The summed E-state index contributed by atoms with van der Waals surface area (Å²) in [5, 5.41) is 0. The predicted molar refractivity (Wildman–Crippen MR) is 59.1 cm³/mol. The van der Waals surface area contributed by atoms with Crippen molar-refractivity contribution < 1.29 is 4.39 Å². The normalized spacial score (nSPS) is 14.4. The van der Waals surface area contributed by atoms with Crippen LogP contribution in [0.15, 0.2) is 43.0 Å². The molecular weight excluding hydrogens is 205 g/mol. The number of nitrogens with two attached hydrogens (primary N) is 1. The zero-order valence-electron chi connectivity index (χ0n) is 8.89. The van der Waals surface area contributed by atoms with Gasteiger partial charge in [0.05, 0.1) is 5.54 Å². The van der Waals surface area contributed by atoms with Crippen LogP contribution >= 0.6 is 0 Å². The highest BCUT2D eigenvalue weighted by Crippen LogP contribution is 2.27. The van der Waals surface area contributed by atoms with Crippen molar-refractivity contribution in [3.05, 3.63) is 59.9 Å². The zero-order chi connectivity index (χ0) is 11.6. The van der Waals surface area contributed by atoms with Gasteiger partial charge in [-0.2, -0.15) is 0 Å². The first kappa shape index (κ1) is 10.7. The number of hydrogen-bond acceptors (Lipinski definition) is 3. The third-order valence-corrected chi connectivity index (χ3v) is 2.59. The molecule has 0 saturated heterocycles. The third kappa shape index (κ3) is 1.79. The highest BCUT2D eigenvalue weighted by Gasteiger charge is 2.27. The van der Waals surface area contributed by atoms with Crippen molar-refractivity contribution in [2.45, 2.75) is 12.5 Å². The van der Waals surface area contributed by atoms with Crippen molar-refractivity contribution in [1.29, 1.82) is 0 Å². The molecule has 0 aliphatic heterocycles. The molecule has 3 nitrogen and oxygen atoms in total. The van der Waals surface area contributed by atoms with E-state index in [-0.39, 0.29) is 5.82 Å². The Bertz CT molecular complexity index is 483. The van der Waals surface area contributed by atoms with Gasteiger partial charge in [-0.25, -0.2) is 14.4 Å². The van der Waals surface area contributed by atoms with Crippen LogP contribution in [-0.2, 0) is 5.54 Å².